The summed E-state index contributed by atoms with van der Waals surface area (Å²) in [5, 5.41) is 0. The molecule has 9 nitrogen and oxygen atoms in total. The van der Waals surface area contributed by atoms with Crippen molar-refractivity contribution in [3.05, 3.63) is 24.3 Å². The summed E-state index contributed by atoms with van der Waals surface area (Å²) in [6, 6.07) is 6.40. The van der Waals surface area contributed by atoms with Crippen molar-refractivity contribution in [1.82, 2.24) is 9.80 Å². The van der Waals surface area contributed by atoms with Crippen molar-refractivity contribution in [2.24, 2.45) is 10.9 Å². The number of ketones is 1. The monoisotopic (exact) mass is 398 g/mol. The zero-order chi connectivity index (χ0) is 20.9. The van der Waals surface area contributed by atoms with Gasteiger partial charge in [0.15, 0.2) is 5.75 Å². The lowest BCUT2D eigenvalue weighted by atomic mass is 10.1. The highest BCUT2D eigenvalue weighted by Crippen LogP contribution is 2.33. The van der Waals surface area contributed by atoms with E-state index in [2.05, 4.69) is 6.92 Å². The standard InChI is InChI=1S/C20H24N5O4/c1-12-9-23(14-7-5-6-8-15(14)29-4)19-21-17-16(24(19)10-12)18(27)25(11-13(2)26)20(28)22(17)3/h5-8,12,16H,9-11H2,1-4H3/q+1. The Morgan fingerprint density at radius 1 is 1.31 bits per heavy atom. The lowest BCUT2D eigenvalue weighted by Gasteiger charge is -2.35. The Bertz CT molecular complexity index is 969. The van der Waals surface area contributed by atoms with Gasteiger partial charge in [0.25, 0.3) is 5.91 Å². The number of hydrogen-bond acceptors (Lipinski definition) is 6. The fraction of sp³-hybridized carbons (Fsp3) is 0.450. The second kappa shape index (κ2) is 6.98. The summed E-state index contributed by atoms with van der Waals surface area (Å²) in [4.78, 5) is 46.6. The van der Waals surface area contributed by atoms with Crippen molar-refractivity contribution in [2.75, 3.05) is 38.7 Å². The zero-order valence-electron chi connectivity index (χ0n) is 17.0. The third-order valence-electron chi connectivity index (χ3n) is 5.39. The molecule has 0 spiro atoms. The number of imide groups is 1. The number of para-hydroxylation sites is 2. The second-order valence-corrected chi connectivity index (χ2v) is 7.68. The van der Waals surface area contributed by atoms with Crippen molar-refractivity contribution in [2.45, 2.75) is 19.9 Å². The van der Waals surface area contributed by atoms with Gasteiger partial charge in [-0.15, -0.1) is 0 Å². The highest BCUT2D eigenvalue weighted by molar-refractivity contribution is 6.24. The molecule has 1 aromatic rings. The first-order valence-corrected chi connectivity index (χ1v) is 9.54. The van der Waals surface area contributed by atoms with Crippen LogP contribution >= 0.6 is 0 Å². The Morgan fingerprint density at radius 2 is 2.03 bits per heavy atom. The number of amidine groups is 1. The largest absolute Gasteiger partial charge is 0.493 e. The number of carbonyl (C=O) groups is 3. The molecule has 0 N–H and O–H groups in total. The van der Waals surface area contributed by atoms with Gasteiger partial charge in [-0.1, -0.05) is 24.0 Å². The van der Waals surface area contributed by atoms with E-state index < -0.39 is 18.0 Å². The molecular weight excluding hydrogens is 374 g/mol. The van der Waals surface area contributed by atoms with Gasteiger partial charge in [-0.2, -0.15) is 0 Å². The number of guanidine groups is 1. The van der Waals surface area contributed by atoms with Gasteiger partial charge in [0.2, 0.25) is 11.9 Å². The maximum Gasteiger partial charge on any atom is 0.397 e. The molecular formula is C20H24N5O4+. The third-order valence-corrected chi connectivity index (χ3v) is 5.39. The van der Waals surface area contributed by atoms with Gasteiger partial charge >= 0.3 is 12.0 Å². The van der Waals surface area contributed by atoms with E-state index >= 15 is 0 Å². The third kappa shape index (κ3) is 2.97. The van der Waals surface area contributed by atoms with Crippen LogP contribution in [0.1, 0.15) is 13.8 Å². The molecule has 9 heteroatoms. The number of hydrogen-bond donors (Lipinski definition) is 0. The molecule has 0 aromatic heterocycles. The number of Topliss-reactive ketones (excluding diaryl/α,β-unsaturated/α-hetero) is 1. The number of urea groups is 1. The van der Waals surface area contributed by atoms with E-state index in [0.29, 0.717) is 30.6 Å². The average molecular weight is 398 g/mol. The molecule has 152 valence electrons. The van der Waals surface area contributed by atoms with Crippen molar-refractivity contribution < 1.29 is 23.7 Å². The van der Waals surface area contributed by atoms with E-state index in [1.54, 1.807) is 14.2 Å². The van der Waals surface area contributed by atoms with E-state index in [9.17, 15) is 14.4 Å². The predicted octanol–water partition coefficient (Wildman–Crippen LogP) is 0.784. The quantitative estimate of drug-likeness (QED) is 0.700. The fourth-order valence-electron chi connectivity index (χ4n) is 4.12. The number of aliphatic imine (C=N–C) groups is 1. The highest BCUT2D eigenvalue weighted by Gasteiger charge is 2.55. The van der Waals surface area contributed by atoms with Crippen LogP contribution < -0.4 is 9.64 Å². The molecule has 1 aromatic carbocycles. The molecule has 2 atom stereocenters. The zero-order valence-corrected chi connectivity index (χ0v) is 17.0. The normalized spacial score (nSPS) is 23.9. The summed E-state index contributed by atoms with van der Waals surface area (Å²) in [6.07, 6.45) is 0. The van der Waals surface area contributed by atoms with Crippen LogP contribution in [0.25, 0.3) is 0 Å². The molecule has 29 heavy (non-hydrogen) atoms. The fourth-order valence-corrected chi connectivity index (χ4v) is 4.12. The topological polar surface area (TPSA) is 85.5 Å². The second-order valence-electron chi connectivity index (χ2n) is 7.68. The molecule has 1 saturated heterocycles. The Labute approximate surface area is 168 Å². The van der Waals surface area contributed by atoms with Crippen molar-refractivity contribution in [3.8, 4) is 5.75 Å². The number of likely N-dealkylation sites (N-methyl/N-ethyl adjacent to an activating group) is 1. The number of fused-ring (bicyclic) bond motifs is 2. The number of methoxy groups -OCH3 is 1. The first-order chi connectivity index (χ1) is 13.8. The molecule has 3 aliphatic heterocycles. The van der Waals surface area contributed by atoms with Gasteiger partial charge in [0.05, 0.1) is 26.7 Å². The molecule has 3 heterocycles. The molecule has 0 bridgehead atoms. The molecule has 0 radical (unpaired) electrons. The maximum absolute atomic E-state index is 13.2. The number of anilines is 1. The highest BCUT2D eigenvalue weighted by atomic mass is 16.5. The number of rotatable bonds is 4. The van der Waals surface area contributed by atoms with Crippen LogP contribution in [-0.2, 0) is 9.59 Å². The summed E-state index contributed by atoms with van der Waals surface area (Å²) < 4.78 is 7.45. The number of ether oxygens (including phenoxy) is 1. The average Bonchev–Trinajstić information content (AvgIpc) is 3.08. The molecule has 1 fully saturated rings. The maximum atomic E-state index is 13.2. The van der Waals surface area contributed by atoms with Crippen molar-refractivity contribution >= 4 is 35.2 Å². The van der Waals surface area contributed by atoms with Crippen molar-refractivity contribution in [3.63, 3.8) is 0 Å². The smallest absolute Gasteiger partial charge is 0.397 e. The van der Waals surface area contributed by atoms with Crippen LogP contribution in [0.4, 0.5) is 10.5 Å². The Balaban J connectivity index is 1.80. The minimum Gasteiger partial charge on any atom is -0.493 e. The van der Waals surface area contributed by atoms with E-state index in [4.69, 9.17) is 9.73 Å². The van der Waals surface area contributed by atoms with Crippen LogP contribution in [0.15, 0.2) is 29.3 Å². The van der Waals surface area contributed by atoms with Gasteiger partial charge in [0.1, 0.15) is 11.5 Å². The van der Waals surface area contributed by atoms with Crippen LogP contribution in [0, 0.1) is 5.92 Å². The summed E-state index contributed by atoms with van der Waals surface area (Å²) >= 11 is 0. The van der Waals surface area contributed by atoms with Gasteiger partial charge in [-0.25, -0.2) is 14.3 Å². The van der Waals surface area contributed by atoms with E-state index in [1.165, 1.54) is 11.8 Å². The van der Waals surface area contributed by atoms with E-state index in [1.807, 2.05) is 33.7 Å². The minimum atomic E-state index is -0.716. The van der Waals surface area contributed by atoms with Crippen LogP contribution in [0.2, 0.25) is 0 Å². The number of nitrogens with zero attached hydrogens (tertiary/aromatic N) is 5. The Hall–Kier alpha value is -3.23. The first kappa shape index (κ1) is 19.1. The van der Waals surface area contributed by atoms with E-state index in [0.717, 1.165) is 10.6 Å². The van der Waals surface area contributed by atoms with Crippen molar-refractivity contribution in [1.29, 1.82) is 0 Å². The molecule has 2 unspecified atom stereocenters. The van der Waals surface area contributed by atoms with Gasteiger partial charge in [-0.05, 0) is 19.1 Å². The molecule has 0 aliphatic carbocycles. The van der Waals surface area contributed by atoms with Crippen LogP contribution in [0.3, 0.4) is 0 Å². The Kier molecular flexibility index (Phi) is 4.60. The summed E-state index contributed by atoms with van der Waals surface area (Å²) in [5.74, 6) is 1.30. The molecule has 3 amide bonds. The van der Waals surface area contributed by atoms with Gasteiger partial charge in [-0.3, -0.25) is 19.4 Å². The Morgan fingerprint density at radius 3 is 2.72 bits per heavy atom. The number of benzene rings is 1. The molecule has 4 rings (SSSR count). The molecule has 3 aliphatic rings. The SMILES string of the molecule is COc1ccccc1N1CC(C)C[N+]2=C1N=C1C2C(=O)N(CC(C)=O)C(=O)N1C. The molecule has 0 saturated carbocycles. The van der Waals surface area contributed by atoms with Crippen LogP contribution in [-0.4, -0.2) is 83.7 Å². The van der Waals surface area contributed by atoms with Gasteiger partial charge in [0, 0.05) is 13.0 Å². The summed E-state index contributed by atoms with van der Waals surface area (Å²) in [5.41, 5.74) is 0.853. The summed E-state index contributed by atoms with van der Waals surface area (Å²) in [6.45, 7) is 4.56. The summed E-state index contributed by atoms with van der Waals surface area (Å²) in [7, 11) is 3.20. The first-order valence-electron chi connectivity index (χ1n) is 9.54. The minimum absolute atomic E-state index is 0.235. The van der Waals surface area contributed by atoms with Crippen LogP contribution in [0.5, 0.6) is 5.75 Å². The van der Waals surface area contributed by atoms with Gasteiger partial charge < -0.3 is 4.74 Å². The predicted molar refractivity (Wildman–Crippen MR) is 106 cm³/mol. The number of carbonyl (C=O) groups excluding carboxylic acids is 3. The lowest BCUT2D eigenvalue weighted by Crippen LogP contribution is -2.64. The lowest BCUT2D eigenvalue weighted by molar-refractivity contribution is -0.545. The number of amides is 3. The van der Waals surface area contributed by atoms with E-state index in [-0.39, 0.29) is 18.2 Å².